The van der Waals surface area contributed by atoms with Crippen LogP contribution in [-0.2, 0) is 0 Å². The molecule has 0 bridgehead atoms. The van der Waals surface area contributed by atoms with Crippen molar-refractivity contribution < 1.29 is 0 Å². The normalized spacial score (nSPS) is 11.2. The second-order valence-electron chi connectivity index (χ2n) is 3.69. The van der Waals surface area contributed by atoms with E-state index in [0.29, 0.717) is 10.2 Å². The summed E-state index contributed by atoms with van der Waals surface area (Å²) in [6.07, 6.45) is 1.84. The minimum atomic E-state index is 0.552. The molecule has 0 saturated heterocycles. The van der Waals surface area contributed by atoms with Crippen molar-refractivity contribution in [2.24, 2.45) is 0 Å². The Kier molecular flexibility index (Phi) is 2.31. The number of anilines is 1. The fourth-order valence-electron chi connectivity index (χ4n) is 1.84. The molecule has 0 aliphatic carbocycles. The minimum Gasteiger partial charge on any atom is -0.375 e. The van der Waals surface area contributed by atoms with Crippen LogP contribution in [0.3, 0.4) is 0 Å². The van der Waals surface area contributed by atoms with Gasteiger partial charge in [-0.3, -0.25) is 4.40 Å². The van der Waals surface area contributed by atoms with Crippen molar-refractivity contribution in [1.29, 1.82) is 0 Å². The van der Waals surface area contributed by atoms with Gasteiger partial charge in [0.15, 0.2) is 5.13 Å². The fourth-order valence-corrected chi connectivity index (χ4v) is 2.55. The molecule has 0 saturated carbocycles. The first-order valence-corrected chi connectivity index (χ1v) is 6.26. The Morgan fingerprint density at radius 1 is 1.35 bits per heavy atom. The van der Waals surface area contributed by atoms with Crippen molar-refractivity contribution >= 4 is 33.7 Å². The molecule has 0 amide bonds. The number of aromatic nitrogens is 3. The van der Waals surface area contributed by atoms with E-state index in [2.05, 4.69) is 9.97 Å². The van der Waals surface area contributed by atoms with Gasteiger partial charge in [0.2, 0.25) is 0 Å². The van der Waals surface area contributed by atoms with Crippen LogP contribution in [0.25, 0.3) is 17.0 Å². The number of hydrogen-bond donors (Lipinski definition) is 1. The van der Waals surface area contributed by atoms with E-state index in [1.165, 1.54) is 11.3 Å². The summed E-state index contributed by atoms with van der Waals surface area (Å²) < 4.78 is 1.94. The van der Waals surface area contributed by atoms with E-state index in [-0.39, 0.29) is 0 Å². The van der Waals surface area contributed by atoms with E-state index >= 15 is 0 Å². The van der Waals surface area contributed by atoms with E-state index in [1.54, 1.807) is 0 Å². The predicted molar refractivity (Wildman–Crippen MR) is 70.5 cm³/mol. The molecule has 4 nitrogen and oxygen atoms in total. The van der Waals surface area contributed by atoms with Crippen LogP contribution in [0.4, 0.5) is 5.13 Å². The molecule has 0 aliphatic heterocycles. The molecule has 17 heavy (non-hydrogen) atoms. The van der Waals surface area contributed by atoms with Gasteiger partial charge in [-0.2, -0.15) is 0 Å². The molecule has 2 N–H and O–H groups in total. The van der Waals surface area contributed by atoms with E-state index in [4.69, 9.17) is 17.3 Å². The first-order valence-electron chi connectivity index (χ1n) is 5.01. The molecule has 0 radical (unpaired) electrons. The lowest BCUT2D eigenvalue weighted by molar-refractivity contribution is 1.17. The fraction of sp³-hybridized carbons (Fsp3) is 0.0909. The van der Waals surface area contributed by atoms with E-state index in [9.17, 15) is 0 Å². The zero-order valence-electron chi connectivity index (χ0n) is 9.01. The molecule has 0 aliphatic rings. The SMILES string of the molecule is Cc1nc2ccc(Cl)cn2c1-c1csc(N)n1. The second-order valence-corrected chi connectivity index (χ2v) is 5.02. The third kappa shape index (κ3) is 1.67. The van der Waals surface area contributed by atoms with E-state index < -0.39 is 0 Å². The lowest BCUT2D eigenvalue weighted by Crippen LogP contribution is -1.90. The summed E-state index contributed by atoms with van der Waals surface area (Å²) in [4.78, 5) is 8.75. The Labute approximate surface area is 107 Å². The van der Waals surface area contributed by atoms with Gasteiger partial charge in [-0.15, -0.1) is 11.3 Å². The van der Waals surface area contributed by atoms with Crippen LogP contribution in [0, 0.1) is 6.92 Å². The first-order chi connectivity index (χ1) is 8.15. The van der Waals surface area contributed by atoms with Crippen molar-refractivity contribution in [1.82, 2.24) is 14.4 Å². The van der Waals surface area contributed by atoms with E-state index in [1.807, 2.05) is 35.0 Å². The number of pyridine rings is 1. The van der Waals surface area contributed by atoms with E-state index in [0.717, 1.165) is 22.7 Å². The Hall–Kier alpha value is -1.59. The number of nitrogens with two attached hydrogens (primary N) is 1. The smallest absolute Gasteiger partial charge is 0.180 e. The maximum Gasteiger partial charge on any atom is 0.180 e. The highest BCUT2D eigenvalue weighted by molar-refractivity contribution is 7.13. The largest absolute Gasteiger partial charge is 0.375 e. The van der Waals surface area contributed by atoms with Crippen LogP contribution in [0.2, 0.25) is 5.02 Å². The maximum atomic E-state index is 6.00. The predicted octanol–water partition coefficient (Wildman–Crippen LogP) is 3.00. The molecule has 3 rings (SSSR count). The topological polar surface area (TPSA) is 56.2 Å². The molecular formula is C11H9ClN4S. The third-order valence-electron chi connectivity index (χ3n) is 2.52. The Morgan fingerprint density at radius 2 is 2.18 bits per heavy atom. The molecule has 0 aromatic carbocycles. The number of halogens is 1. The van der Waals surface area contributed by atoms with Crippen LogP contribution >= 0.6 is 22.9 Å². The molecule has 3 aromatic heterocycles. The summed E-state index contributed by atoms with van der Waals surface area (Å²) >= 11 is 7.42. The number of nitrogens with zero attached hydrogens (tertiary/aromatic N) is 3. The molecule has 0 spiro atoms. The number of rotatable bonds is 1. The molecule has 3 heterocycles. The highest BCUT2D eigenvalue weighted by Gasteiger charge is 2.13. The molecule has 6 heteroatoms. The summed E-state index contributed by atoms with van der Waals surface area (Å²) in [5, 5.41) is 3.14. The average Bonchev–Trinajstić information content (AvgIpc) is 2.81. The summed E-state index contributed by atoms with van der Waals surface area (Å²) in [5.41, 5.74) is 9.20. The molecule has 86 valence electrons. The van der Waals surface area contributed by atoms with Crippen molar-refractivity contribution in [3.05, 3.63) is 34.4 Å². The summed E-state index contributed by atoms with van der Waals surface area (Å²) in [5.74, 6) is 0. The van der Waals surface area contributed by atoms with Crippen molar-refractivity contribution in [3.8, 4) is 11.4 Å². The highest BCUT2D eigenvalue weighted by Crippen LogP contribution is 2.27. The number of thiazole rings is 1. The van der Waals surface area contributed by atoms with Crippen molar-refractivity contribution in [2.45, 2.75) is 6.92 Å². The van der Waals surface area contributed by atoms with Crippen LogP contribution < -0.4 is 5.73 Å². The van der Waals surface area contributed by atoms with Crippen LogP contribution in [0.1, 0.15) is 5.69 Å². The second kappa shape index (κ2) is 3.72. The molecular weight excluding hydrogens is 256 g/mol. The van der Waals surface area contributed by atoms with Gasteiger partial charge < -0.3 is 5.73 Å². The Bertz CT molecular complexity index is 701. The molecule has 0 atom stereocenters. The van der Waals surface area contributed by atoms with Crippen molar-refractivity contribution in [2.75, 3.05) is 5.73 Å². The quantitative estimate of drug-likeness (QED) is 0.735. The number of fused-ring (bicyclic) bond motifs is 1. The number of aryl methyl sites for hydroxylation is 1. The maximum absolute atomic E-state index is 6.00. The van der Waals surface area contributed by atoms with Gasteiger partial charge in [-0.1, -0.05) is 11.6 Å². The Balaban J connectivity index is 2.34. The summed E-state index contributed by atoms with van der Waals surface area (Å²) in [6, 6.07) is 3.71. The van der Waals surface area contributed by atoms with Gasteiger partial charge in [-0.25, -0.2) is 9.97 Å². The van der Waals surface area contributed by atoms with Gasteiger partial charge in [0.05, 0.1) is 16.4 Å². The highest BCUT2D eigenvalue weighted by atomic mass is 35.5. The lowest BCUT2D eigenvalue weighted by atomic mass is 10.3. The third-order valence-corrected chi connectivity index (χ3v) is 3.42. The monoisotopic (exact) mass is 264 g/mol. The standard InChI is InChI=1S/C11H9ClN4S/c1-6-10(8-5-17-11(13)15-8)16-4-7(12)2-3-9(16)14-6/h2-5H,1H3,(H2,13,15). The van der Waals surface area contributed by atoms with Crippen LogP contribution in [0.5, 0.6) is 0 Å². The van der Waals surface area contributed by atoms with Crippen LogP contribution in [0.15, 0.2) is 23.7 Å². The first kappa shape index (κ1) is 10.6. The number of hydrogen-bond acceptors (Lipinski definition) is 4. The minimum absolute atomic E-state index is 0.552. The Morgan fingerprint density at radius 3 is 2.88 bits per heavy atom. The number of nitrogen functional groups attached to an aromatic ring is 1. The van der Waals surface area contributed by atoms with Crippen molar-refractivity contribution in [3.63, 3.8) is 0 Å². The lowest BCUT2D eigenvalue weighted by Gasteiger charge is -1.99. The van der Waals surface area contributed by atoms with Gasteiger partial charge >= 0.3 is 0 Å². The summed E-state index contributed by atoms with van der Waals surface area (Å²) in [7, 11) is 0. The summed E-state index contributed by atoms with van der Waals surface area (Å²) in [6.45, 7) is 1.95. The zero-order chi connectivity index (χ0) is 12.0. The molecule has 0 fully saturated rings. The van der Waals surface area contributed by atoms with Gasteiger partial charge in [0, 0.05) is 11.6 Å². The average molecular weight is 265 g/mol. The van der Waals surface area contributed by atoms with Gasteiger partial charge in [0.25, 0.3) is 0 Å². The number of imidazole rings is 1. The van der Waals surface area contributed by atoms with Gasteiger partial charge in [0.1, 0.15) is 11.3 Å². The molecule has 0 unspecified atom stereocenters. The molecule has 3 aromatic rings. The zero-order valence-corrected chi connectivity index (χ0v) is 10.6. The van der Waals surface area contributed by atoms with Crippen LogP contribution in [-0.4, -0.2) is 14.4 Å². The van der Waals surface area contributed by atoms with Gasteiger partial charge in [-0.05, 0) is 19.1 Å².